The molecule has 4 rings (SSSR count). The van der Waals surface area contributed by atoms with Crippen LogP contribution in [0.3, 0.4) is 0 Å². The second-order valence-electron chi connectivity index (χ2n) is 8.28. The molecule has 1 aliphatic rings. The lowest BCUT2D eigenvalue weighted by atomic mass is 9.95. The van der Waals surface area contributed by atoms with E-state index in [0.29, 0.717) is 39.8 Å². The van der Waals surface area contributed by atoms with E-state index in [4.69, 9.17) is 9.47 Å². The first-order valence-corrected chi connectivity index (χ1v) is 12.2. The van der Waals surface area contributed by atoms with Crippen LogP contribution in [0.15, 0.2) is 54.1 Å². The van der Waals surface area contributed by atoms with Crippen LogP contribution in [0.1, 0.15) is 52.8 Å². The van der Waals surface area contributed by atoms with Gasteiger partial charge in [-0.1, -0.05) is 30.4 Å². The quantitative estimate of drug-likeness (QED) is 0.197. The van der Waals surface area contributed by atoms with Crippen LogP contribution < -0.4 is 14.4 Å². The summed E-state index contributed by atoms with van der Waals surface area (Å²) in [6.07, 6.45) is 0.853. The van der Waals surface area contributed by atoms with Gasteiger partial charge < -0.3 is 14.6 Å². The number of ketones is 2. The number of ether oxygens (including phenoxy) is 2. The summed E-state index contributed by atoms with van der Waals surface area (Å²) in [6.45, 7) is 5.67. The molecular weight excluding hydrogens is 480 g/mol. The van der Waals surface area contributed by atoms with Gasteiger partial charge in [0.2, 0.25) is 0 Å². The average Bonchev–Trinajstić information content (AvgIpc) is 3.39. The zero-order valence-corrected chi connectivity index (χ0v) is 21.2. The Bertz CT molecular complexity index is 1340. The monoisotopic (exact) mass is 506 g/mol. The lowest BCUT2D eigenvalue weighted by Gasteiger charge is -2.23. The molecule has 0 saturated carbocycles. The molecule has 2 aromatic carbocycles. The summed E-state index contributed by atoms with van der Waals surface area (Å²) in [5, 5.41) is 11.4. The first kappa shape index (κ1) is 25.1. The number of carbonyl (C=O) groups excluding carboxylic acids is 3. The largest absolute Gasteiger partial charge is 0.507 e. The summed E-state index contributed by atoms with van der Waals surface area (Å²) in [6, 6.07) is 12.6. The first-order chi connectivity index (χ1) is 17.3. The van der Waals surface area contributed by atoms with Crippen molar-refractivity contribution in [1.82, 2.24) is 4.98 Å². The van der Waals surface area contributed by atoms with E-state index in [1.807, 2.05) is 6.92 Å². The SMILES string of the molecule is CCCOc1ccc([C@H]2C(=C(O)c3ccc(OC)cc3)C(=O)C(=O)N2c2nc(C)c(C(C)=O)s2)cc1. The topological polar surface area (TPSA) is 106 Å². The number of aryl methyl sites for hydroxylation is 1. The number of anilines is 1. The maximum atomic E-state index is 13.3. The molecule has 0 bridgehead atoms. The summed E-state index contributed by atoms with van der Waals surface area (Å²) in [5.74, 6) is -0.921. The number of benzene rings is 2. The molecule has 1 aliphatic heterocycles. The van der Waals surface area contributed by atoms with Crippen LogP contribution in [-0.4, -0.2) is 41.3 Å². The Labute approximate surface area is 212 Å². The number of aliphatic hydroxyl groups excluding tert-OH is 1. The maximum Gasteiger partial charge on any atom is 0.301 e. The van der Waals surface area contributed by atoms with E-state index >= 15 is 0 Å². The number of thiazole rings is 1. The zero-order valence-electron chi connectivity index (χ0n) is 20.4. The van der Waals surface area contributed by atoms with E-state index in [9.17, 15) is 19.5 Å². The lowest BCUT2D eigenvalue weighted by molar-refractivity contribution is -0.132. The highest BCUT2D eigenvalue weighted by Crippen LogP contribution is 2.44. The van der Waals surface area contributed by atoms with E-state index in [1.165, 1.54) is 18.9 Å². The van der Waals surface area contributed by atoms with Crippen molar-refractivity contribution in [2.45, 2.75) is 33.2 Å². The number of hydrogen-bond donors (Lipinski definition) is 1. The maximum absolute atomic E-state index is 13.3. The molecule has 1 atom stereocenters. The molecule has 1 fully saturated rings. The predicted octanol–water partition coefficient (Wildman–Crippen LogP) is 5.08. The van der Waals surface area contributed by atoms with Crippen molar-refractivity contribution in [3.8, 4) is 11.5 Å². The van der Waals surface area contributed by atoms with Gasteiger partial charge in [-0.15, -0.1) is 0 Å². The van der Waals surface area contributed by atoms with Crippen LogP contribution in [0.4, 0.5) is 5.13 Å². The number of hydrogen-bond acceptors (Lipinski definition) is 8. The van der Waals surface area contributed by atoms with Crippen molar-refractivity contribution >= 4 is 39.7 Å². The van der Waals surface area contributed by atoms with E-state index < -0.39 is 17.7 Å². The number of aliphatic hydroxyl groups is 1. The fraction of sp³-hybridized carbons (Fsp3) is 0.259. The number of Topliss-reactive ketones (excluding diaryl/α,β-unsaturated/α-hetero) is 2. The molecule has 9 heteroatoms. The molecule has 1 saturated heterocycles. The third-order valence-electron chi connectivity index (χ3n) is 5.79. The number of rotatable bonds is 8. The highest BCUT2D eigenvalue weighted by atomic mass is 32.1. The number of carbonyl (C=O) groups is 3. The molecular formula is C27H26N2O6S. The Morgan fingerprint density at radius 2 is 1.72 bits per heavy atom. The van der Waals surface area contributed by atoms with Gasteiger partial charge in [-0.05, 0) is 55.3 Å². The summed E-state index contributed by atoms with van der Waals surface area (Å²) in [7, 11) is 1.53. The summed E-state index contributed by atoms with van der Waals surface area (Å²) >= 11 is 1.04. The molecule has 0 unspecified atom stereocenters. The molecule has 0 spiro atoms. The average molecular weight is 507 g/mol. The van der Waals surface area contributed by atoms with Gasteiger partial charge in [0.1, 0.15) is 17.3 Å². The smallest absolute Gasteiger partial charge is 0.301 e. The fourth-order valence-corrected chi connectivity index (χ4v) is 5.02. The molecule has 1 N–H and O–H groups in total. The van der Waals surface area contributed by atoms with Crippen LogP contribution in [0.25, 0.3) is 5.76 Å². The highest BCUT2D eigenvalue weighted by molar-refractivity contribution is 7.18. The molecule has 8 nitrogen and oxygen atoms in total. The van der Waals surface area contributed by atoms with E-state index in [1.54, 1.807) is 55.5 Å². The number of amides is 1. The number of aromatic nitrogens is 1. The number of methoxy groups -OCH3 is 1. The van der Waals surface area contributed by atoms with Crippen molar-refractivity contribution in [3.05, 3.63) is 75.8 Å². The van der Waals surface area contributed by atoms with E-state index in [0.717, 1.165) is 17.8 Å². The zero-order chi connectivity index (χ0) is 26.0. The normalized spacial score (nSPS) is 16.9. The minimum atomic E-state index is -0.947. The summed E-state index contributed by atoms with van der Waals surface area (Å²) in [5.41, 5.74) is 1.36. The van der Waals surface area contributed by atoms with Crippen molar-refractivity contribution < 1.29 is 29.0 Å². The molecule has 2 heterocycles. The minimum absolute atomic E-state index is 0.0652. The predicted molar refractivity (Wildman–Crippen MR) is 137 cm³/mol. The molecule has 186 valence electrons. The first-order valence-electron chi connectivity index (χ1n) is 11.4. The van der Waals surface area contributed by atoms with Crippen LogP contribution >= 0.6 is 11.3 Å². The van der Waals surface area contributed by atoms with Crippen molar-refractivity contribution in [1.29, 1.82) is 0 Å². The Morgan fingerprint density at radius 3 is 2.28 bits per heavy atom. The van der Waals surface area contributed by atoms with Gasteiger partial charge in [0.05, 0.1) is 35.9 Å². The van der Waals surface area contributed by atoms with Crippen LogP contribution in [0, 0.1) is 6.92 Å². The van der Waals surface area contributed by atoms with Crippen LogP contribution in [0.2, 0.25) is 0 Å². The van der Waals surface area contributed by atoms with Gasteiger partial charge in [-0.25, -0.2) is 4.98 Å². The lowest BCUT2D eigenvalue weighted by Crippen LogP contribution is -2.29. The Balaban J connectivity index is 1.87. The molecule has 0 radical (unpaired) electrons. The van der Waals surface area contributed by atoms with E-state index in [2.05, 4.69) is 4.98 Å². The Hall–Kier alpha value is -3.98. The Morgan fingerprint density at radius 1 is 1.08 bits per heavy atom. The highest BCUT2D eigenvalue weighted by Gasteiger charge is 2.48. The standard InChI is InChI=1S/C27H26N2O6S/c1-5-14-35-20-12-6-17(7-13-20)22-21(23(31)18-8-10-19(34-4)11-9-18)24(32)26(33)29(22)27-28-15(2)25(36-27)16(3)30/h6-13,22,31H,5,14H2,1-4H3/t22-/m0/s1. The van der Waals surface area contributed by atoms with Gasteiger partial charge in [0.15, 0.2) is 10.9 Å². The van der Waals surface area contributed by atoms with Gasteiger partial charge in [-0.3, -0.25) is 19.3 Å². The molecule has 0 aliphatic carbocycles. The third-order valence-corrected chi connectivity index (χ3v) is 7.05. The number of nitrogens with zero attached hydrogens (tertiary/aromatic N) is 2. The van der Waals surface area contributed by atoms with Crippen molar-refractivity contribution in [2.75, 3.05) is 18.6 Å². The molecule has 3 aromatic rings. The second-order valence-corrected chi connectivity index (χ2v) is 9.26. The van der Waals surface area contributed by atoms with Crippen molar-refractivity contribution in [2.24, 2.45) is 0 Å². The molecule has 36 heavy (non-hydrogen) atoms. The van der Waals surface area contributed by atoms with Gasteiger partial charge in [-0.2, -0.15) is 0 Å². The fourth-order valence-electron chi connectivity index (χ4n) is 4.03. The van der Waals surface area contributed by atoms with E-state index in [-0.39, 0.29) is 22.2 Å². The minimum Gasteiger partial charge on any atom is -0.507 e. The summed E-state index contributed by atoms with van der Waals surface area (Å²) < 4.78 is 10.8. The van der Waals surface area contributed by atoms with Crippen LogP contribution in [0.5, 0.6) is 11.5 Å². The third kappa shape index (κ3) is 4.61. The van der Waals surface area contributed by atoms with Gasteiger partial charge >= 0.3 is 5.91 Å². The molecule has 1 amide bonds. The van der Waals surface area contributed by atoms with Crippen molar-refractivity contribution in [3.63, 3.8) is 0 Å². The second kappa shape index (κ2) is 10.3. The van der Waals surface area contributed by atoms with Gasteiger partial charge in [0, 0.05) is 12.5 Å². The Kier molecular flexibility index (Phi) is 7.21. The molecule has 1 aromatic heterocycles. The van der Waals surface area contributed by atoms with Crippen LogP contribution in [-0.2, 0) is 9.59 Å². The van der Waals surface area contributed by atoms with Gasteiger partial charge in [0.25, 0.3) is 5.78 Å². The summed E-state index contributed by atoms with van der Waals surface area (Å²) in [4.78, 5) is 44.7.